The maximum absolute atomic E-state index is 13.5. The van der Waals surface area contributed by atoms with Crippen molar-refractivity contribution in [3.63, 3.8) is 0 Å². The Bertz CT molecular complexity index is 422. The van der Waals surface area contributed by atoms with Crippen molar-refractivity contribution in [3.8, 4) is 5.75 Å². The predicted octanol–water partition coefficient (Wildman–Crippen LogP) is 2.63. The molecule has 0 aliphatic rings. The minimum Gasteiger partial charge on any atom is -0.491 e. The highest BCUT2D eigenvalue weighted by Gasteiger charge is 2.18. The molecule has 19 heavy (non-hydrogen) atoms. The Labute approximate surface area is 113 Å². The van der Waals surface area contributed by atoms with Gasteiger partial charge >= 0.3 is 0 Å². The second kappa shape index (κ2) is 6.61. The van der Waals surface area contributed by atoms with Crippen LogP contribution in [0.15, 0.2) is 12.1 Å². The van der Waals surface area contributed by atoms with Crippen LogP contribution in [-0.4, -0.2) is 24.9 Å². The van der Waals surface area contributed by atoms with E-state index in [-0.39, 0.29) is 17.8 Å². The fourth-order valence-electron chi connectivity index (χ4n) is 1.71. The molecule has 0 aliphatic carbocycles. The first-order valence-corrected chi connectivity index (χ1v) is 6.46. The molecule has 1 rings (SSSR count). The number of anilines is 2. The number of aliphatic hydroxyl groups is 1. The molecule has 1 aromatic rings. The molecule has 0 saturated carbocycles. The quantitative estimate of drug-likeness (QED) is 0.666. The first-order valence-electron chi connectivity index (χ1n) is 6.46. The molecule has 0 fully saturated rings. The molecule has 4 nitrogen and oxygen atoms in total. The van der Waals surface area contributed by atoms with Gasteiger partial charge in [-0.2, -0.15) is 0 Å². The highest BCUT2D eigenvalue weighted by molar-refractivity contribution is 5.68. The van der Waals surface area contributed by atoms with E-state index in [0.29, 0.717) is 30.9 Å². The lowest BCUT2D eigenvalue weighted by molar-refractivity contribution is 0.220. The summed E-state index contributed by atoms with van der Waals surface area (Å²) >= 11 is 0. The van der Waals surface area contributed by atoms with Crippen LogP contribution in [0.4, 0.5) is 15.8 Å². The number of ether oxygens (including phenoxy) is 1. The average Bonchev–Trinajstić information content (AvgIpc) is 2.31. The van der Waals surface area contributed by atoms with Gasteiger partial charge in [0, 0.05) is 25.3 Å². The number of rotatable bonds is 7. The SMILES string of the molecule is CCOc1cc(NCC(C)(C)CCO)c(N)cc1F. The number of halogens is 1. The van der Waals surface area contributed by atoms with Crippen molar-refractivity contribution in [2.45, 2.75) is 27.2 Å². The van der Waals surface area contributed by atoms with Crippen molar-refractivity contribution < 1.29 is 14.2 Å². The monoisotopic (exact) mass is 270 g/mol. The summed E-state index contributed by atoms with van der Waals surface area (Å²) in [7, 11) is 0. The van der Waals surface area contributed by atoms with Gasteiger partial charge in [-0.25, -0.2) is 4.39 Å². The lowest BCUT2D eigenvalue weighted by atomic mass is 9.89. The summed E-state index contributed by atoms with van der Waals surface area (Å²) in [6.07, 6.45) is 0.680. The van der Waals surface area contributed by atoms with Gasteiger partial charge in [0.25, 0.3) is 0 Å². The smallest absolute Gasteiger partial charge is 0.167 e. The van der Waals surface area contributed by atoms with Crippen molar-refractivity contribution in [1.29, 1.82) is 0 Å². The van der Waals surface area contributed by atoms with Gasteiger partial charge in [-0.1, -0.05) is 13.8 Å². The van der Waals surface area contributed by atoms with Gasteiger partial charge < -0.3 is 20.9 Å². The molecule has 0 radical (unpaired) electrons. The van der Waals surface area contributed by atoms with Gasteiger partial charge in [-0.15, -0.1) is 0 Å². The number of hydrogen-bond acceptors (Lipinski definition) is 4. The first kappa shape index (κ1) is 15.6. The summed E-state index contributed by atoms with van der Waals surface area (Å²) in [5.74, 6) is -0.265. The number of aliphatic hydroxyl groups excluding tert-OH is 1. The van der Waals surface area contributed by atoms with E-state index in [1.165, 1.54) is 6.07 Å². The van der Waals surface area contributed by atoms with Crippen molar-refractivity contribution in [2.75, 3.05) is 30.8 Å². The first-order chi connectivity index (χ1) is 8.89. The van der Waals surface area contributed by atoms with Gasteiger partial charge in [-0.05, 0) is 18.8 Å². The molecule has 0 saturated heterocycles. The topological polar surface area (TPSA) is 67.5 Å². The molecule has 0 unspecified atom stereocenters. The zero-order valence-electron chi connectivity index (χ0n) is 11.8. The molecule has 0 aromatic heterocycles. The third-order valence-electron chi connectivity index (χ3n) is 2.95. The summed E-state index contributed by atoms with van der Waals surface area (Å²) in [5, 5.41) is 12.2. The maximum Gasteiger partial charge on any atom is 0.167 e. The zero-order chi connectivity index (χ0) is 14.5. The zero-order valence-corrected chi connectivity index (χ0v) is 11.8. The second-order valence-corrected chi connectivity index (χ2v) is 5.29. The fourth-order valence-corrected chi connectivity index (χ4v) is 1.71. The van der Waals surface area contributed by atoms with E-state index in [2.05, 4.69) is 5.32 Å². The van der Waals surface area contributed by atoms with E-state index in [0.717, 1.165) is 0 Å². The van der Waals surface area contributed by atoms with E-state index in [4.69, 9.17) is 15.6 Å². The second-order valence-electron chi connectivity index (χ2n) is 5.29. The van der Waals surface area contributed by atoms with Crippen LogP contribution in [0, 0.1) is 11.2 Å². The Morgan fingerprint density at radius 3 is 2.68 bits per heavy atom. The molecule has 0 aliphatic heterocycles. The number of nitrogens with two attached hydrogens (primary N) is 1. The van der Waals surface area contributed by atoms with E-state index < -0.39 is 5.82 Å². The maximum atomic E-state index is 13.5. The Morgan fingerprint density at radius 1 is 1.42 bits per heavy atom. The van der Waals surface area contributed by atoms with E-state index in [1.807, 2.05) is 13.8 Å². The van der Waals surface area contributed by atoms with E-state index >= 15 is 0 Å². The van der Waals surface area contributed by atoms with Gasteiger partial charge in [-0.3, -0.25) is 0 Å². The molecule has 4 N–H and O–H groups in total. The molecule has 108 valence electrons. The lowest BCUT2D eigenvalue weighted by Crippen LogP contribution is -2.24. The van der Waals surface area contributed by atoms with E-state index in [1.54, 1.807) is 13.0 Å². The van der Waals surface area contributed by atoms with Gasteiger partial charge in [0.15, 0.2) is 11.6 Å². The molecule has 0 heterocycles. The predicted molar refractivity (Wildman–Crippen MR) is 76.0 cm³/mol. The molecular weight excluding hydrogens is 247 g/mol. The van der Waals surface area contributed by atoms with Crippen molar-refractivity contribution in [1.82, 2.24) is 0 Å². The van der Waals surface area contributed by atoms with Crippen molar-refractivity contribution in [3.05, 3.63) is 17.9 Å². The molecule has 0 amide bonds. The van der Waals surface area contributed by atoms with Crippen LogP contribution in [0.2, 0.25) is 0 Å². The molecule has 0 atom stereocenters. The summed E-state index contributed by atoms with van der Waals surface area (Å²) in [4.78, 5) is 0. The number of benzene rings is 1. The molecular formula is C14H23FN2O2. The van der Waals surface area contributed by atoms with Gasteiger partial charge in [0.1, 0.15) is 0 Å². The van der Waals surface area contributed by atoms with E-state index in [9.17, 15) is 4.39 Å². The minimum atomic E-state index is -0.459. The highest BCUT2D eigenvalue weighted by atomic mass is 19.1. The molecule has 0 bridgehead atoms. The number of hydrogen-bond donors (Lipinski definition) is 3. The van der Waals surface area contributed by atoms with Crippen LogP contribution in [0.5, 0.6) is 5.75 Å². The Hall–Kier alpha value is -1.49. The van der Waals surface area contributed by atoms with Gasteiger partial charge in [0.2, 0.25) is 0 Å². The van der Waals surface area contributed by atoms with Crippen LogP contribution in [-0.2, 0) is 0 Å². The molecule has 1 aromatic carbocycles. The Kier molecular flexibility index (Phi) is 5.42. The van der Waals surface area contributed by atoms with Crippen LogP contribution in [0.3, 0.4) is 0 Å². The van der Waals surface area contributed by atoms with Crippen LogP contribution in [0.1, 0.15) is 27.2 Å². The lowest BCUT2D eigenvalue weighted by Gasteiger charge is -2.25. The van der Waals surface area contributed by atoms with Crippen LogP contribution < -0.4 is 15.8 Å². The normalized spacial score (nSPS) is 11.4. The van der Waals surface area contributed by atoms with Crippen molar-refractivity contribution >= 4 is 11.4 Å². The Morgan fingerprint density at radius 2 is 2.11 bits per heavy atom. The standard InChI is InChI=1S/C14H23FN2O2/c1-4-19-13-8-12(11(16)7-10(13)15)17-9-14(2,3)5-6-18/h7-8,17-18H,4-6,9,16H2,1-3H3. The third kappa shape index (κ3) is 4.59. The number of nitrogen functional groups attached to an aromatic ring is 1. The third-order valence-corrected chi connectivity index (χ3v) is 2.95. The fraction of sp³-hybridized carbons (Fsp3) is 0.571. The average molecular weight is 270 g/mol. The van der Waals surface area contributed by atoms with Crippen LogP contribution >= 0.6 is 0 Å². The Balaban J connectivity index is 2.80. The minimum absolute atomic E-state index is 0.0681. The molecule has 0 spiro atoms. The van der Waals surface area contributed by atoms with Gasteiger partial charge in [0.05, 0.1) is 18.0 Å². The number of nitrogens with one attached hydrogen (secondary N) is 1. The largest absolute Gasteiger partial charge is 0.491 e. The highest BCUT2D eigenvalue weighted by Crippen LogP contribution is 2.30. The van der Waals surface area contributed by atoms with Crippen molar-refractivity contribution in [2.24, 2.45) is 5.41 Å². The summed E-state index contributed by atoms with van der Waals surface area (Å²) in [6, 6.07) is 2.83. The summed E-state index contributed by atoms with van der Waals surface area (Å²) in [6.45, 7) is 7.05. The van der Waals surface area contributed by atoms with Crippen LogP contribution in [0.25, 0.3) is 0 Å². The summed E-state index contributed by atoms with van der Waals surface area (Å²) in [5.41, 5.74) is 6.71. The summed E-state index contributed by atoms with van der Waals surface area (Å²) < 4.78 is 18.7. The molecule has 5 heteroatoms.